The Morgan fingerprint density at radius 3 is 2.56 bits per heavy atom. The van der Waals surface area contributed by atoms with E-state index in [1.807, 2.05) is 0 Å². The Hall–Kier alpha value is -0.160. The fraction of sp³-hybridized carbons (Fsp3) is 1.00. The lowest BCUT2D eigenvalue weighted by molar-refractivity contribution is 0.0269. The first kappa shape index (κ1) is 17.8. The van der Waals surface area contributed by atoms with Crippen LogP contribution in [0, 0.1) is 0 Å². The molecule has 1 atom stereocenters. The van der Waals surface area contributed by atoms with E-state index in [0.717, 1.165) is 39.1 Å². The normalized spacial score (nSPS) is 12.8. The third kappa shape index (κ3) is 13.9. The molecule has 0 bridgehead atoms. The largest absolute Gasteiger partial charge is 0.382 e. The van der Waals surface area contributed by atoms with Crippen molar-refractivity contribution >= 4 is 0 Å². The summed E-state index contributed by atoms with van der Waals surface area (Å²) in [6, 6.07) is 0. The summed E-state index contributed by atoms with van der Waals surface area (Å²) < 4.78 is 16.0. The minimum absolute atomic E-state index is 0.354. The molecule has 0 saturated heterocycles. The van der Waals surface area contributed by atoms with Crippen LogP contribution in [0.15, 0.2) is 0 Å². The lowest BCUT2D eigenvalue weighted by Crippen LogP contribution is -2.18. The second-order valence-electron chi connectivity index (χ2n) is 4.53. The van der Waals surface area contributed by atoms with Gasteiger partial charge in [-0.25, -0.2) is 0 Å². The van der Waals surface area contributed by atoms with E-state index in [9.17, 15) is 0 Å². The molecule has 0 aliphatic carbocycles. The molecule has 0 aromatic carbocycles. The molecule has 0 aromatic heterocycles. The zero-order valence-electron chi connectivity index (χ0n) is 12.4. The topological polar surface area (TPSA) is 39.7 Å². The predicted octanol–water partition coefficient (Wildman–Crippen LogP) is 2.22. The number of hydrogen-bond acceptors (Lipinski definition) is 4. The van der Waals surface area contributed by atoms with Gasteiger partial charge in [0.05, 0.1) is 19.3 Å². The lowest BCUT2D eigenvalue weighted by Gasteiger charge is -2.13. The Bertz CT molecular complexity index is 156. The van der Waals surface area contributed by atoms with Crippen molar-refractivity contribution in [1.29, 1.82) is 0 Å². The van der Waals surface area contributed by atoms with Gasteiger partial charge in [-0.3, -0.25) is 0 Å². The van der Waals surface area contributed by atoms with Crippen LogP contribution in [0.25, 0.3) is 0 Å². The molecule has 0 spiro atoms. The zero-order chi connectivity index (χ0) is 13.5. The SMILES string of the molecule is CCCNCCCC(C)OCCCOCCOC. The highest BCUT2D eigenvalue weighted by atomic mass is 16.5. The molecule has 0 radical (unpaired) electrons. The average Bonchev–Trinajstić information content (AvgIpc) is 2.37. The van der Waals surface area contributed by atoms with E-state index >= 15 is 0 Å². The van der Waals surface area contributed by atoms with Crippen LogP contribution in [0.4, 0.5) is 0 Å². The van der Waals surface area contributed by atoms with Crippen molar-refractivity contribution in [2.45, 2.75) is 45.6 Å². The van der Waals surface area contributed by atoms with Crippen molar-refractivity contribution in [2.75, 3.05) is 46.6 Å². The molecule has 0 aromatic rings. The van der Waals surface area contributed by atoms with Gasteiger partial charge in [0.25, 0.3) is 0 Å². The lowest BCUT2D eigenvalue weighted by atomic mass is 10.2. The van der Waals surface area contributed by atoms with Gasteiger partial charge in [-0.05, 0) is 45.7 Å². The summed E-state index contributed by atoms with van der Waals surface area (Å²) in [5.41, 5.74) is 0. The Kier molecular flexibility index (Phi) is 14.8. The zero-order valence-corrected chi connectivity index (χ0v) is 12.4. The predicted molar refractivity (Wildman–Crippen MR) is 75.1 cm³/mol. The molecular weight excluding hydrogens is 230 g/mol. The summed E-state index contributed by atoms with van der Waals surface area (Å²) in [6.07, 6.45) is 4.83. The van der Waals surface area contributed by atoms with Crippen LogP contribution in [0.3, 0.4) is 0 Å². The van der Waals surface area contributed by atoms with Gasteiger partial charge in [0, 0.05) is 20.3 Å². The van der Waals surface area contributed by atoms with Crippen LogP contribution in [-0.4, -0.2) is 52.7 Å². The van der Waals surface area contributed by atoms with E-state index in [1.54, 1.807) is 7.11 Å². The number of nitrogens with one attached hydrogen (secondary N) is 1. The molecule has 4 heteroatoms. The highest BCUT2D eigenvalue weighted by Crippen LogP contribution is 2.01. The summed E-state index contributed by atoms with van der Waals surface area (Å²) in [6.45, 7) is 9.44. The number of ether oxygens (including phenoxy) is 3. The standard InChI is InChI=1S/C14H31NO3/c1-4-8-15-9-5-7-14(2)18-11-6-10-17-13-12-16-3/h14-15H,4-13H2,1-3H3. The maximum absolute atomic E-state index is 5.72. The molecule has 1 unspecified atom stereocenters. The molecule has 0 amide bonds. The molecule has 0 rings (SSSR count). The van der Waals surface area contributed by atoms with Gasteiger partial charge in [-0.1, -0.05) is 6.92 Å². The Balaban J connectivity index is 3.09. The maximum atomic E-state index is 5.72. The fourth-order valence-electron chi connectivity index (χ4n) is 1.59. The van der Waals surface area contributed by atoms with Crippen molar-refractivity contribution in [1.82, 2.24) is 5.32 Å². The number of rotatable bonds is 14. The Labute approximate surface area is 112 Å². The highest BCUT2D eigenvalue weighted by Gasteiger charge is 2.01. The molecule has 0 aliphatic rings. The molecule has 110 valence electrons. The van der Waals surface area contributed by atoms with Gasteiger partial charge in [-0.2, -0.15) is 0 Å². The van der Waals surface area contributed by atoms with Gasteiger partial charge in [0.2, 0.25) is 0 Å². The molecule has 0 heterocycles. The van der Waals surface area contributed by atoms with E-state index in [0.29, 0.717) is 19.3 Å². The smallest absolute Gasteiger partial charge is 0.0700 e. The van der Waals surface area contributed by atoms with Gasteiger partial charge >= 0.3 is 0 Å². The first-order chi connectivity index (χ1) is 8.81. The monoisotopic (exact) mass is 261 g/mol. The number of methoxy groups -OCH3 is 1. The molecule has 0 fully saturated rings. The molecular formula is C14H31NO3. The average molecular weight is 261 g/mol. The highest BCUT2D eigenvalue weighted by molar-refractivity contribution is 4.54. The van der Waals surface area contributed by atoms with Crippen LogP contribution >= 0.6 is 0 Å². The molecule has 4 nitrogen and oxygen atoms in total. The minimum Gasteiger partial charge on any atom is -0.382 e. The molecule has 18 heavy (non-hydrogen) atoms. The van der Waals surface area contributed by atoms with Crippen LogP contribution < -0.4 is 5.32 Å². The summed E-state index contributed by atoms with van der Waals surface area (Å²) >= 11 is 0. The van der Waals surface area contributed by atoms with E-state index in [4.69, 9.17) is 14.2 Å². The Morgan fingerprint density at radius 2 is 1.83 bits per heavy atom. The van der Waals surface area contributed by atoms with Crippen molar-refractivity contribution in [3.05, 3.63) is 0 Å². The van der Waals surface area contributed by atoms with Gasteiger partial charge in [-0.15, -0.1) is 0 Å². The van der Waals surface area contributed by atoms with Gasteiger partial charge in [0.15, 0.2) is 0 Å². The summed E-state index contributed by atoms with van der Waals surface area (Å²) in [7, 11) is 1.68. The molecule has 0 saturated carbocycles. The van der Waals surface area contributed by atoms with Crippen molar-refractivity contribution in [2.24, 2.45) is 0 Å². The summed E-state index contributed by atoms with van der Waals surface area (Å²) in [5.74, 6) is 0. The van der Waals surface area contributed by atoms with Crippen molar-refractivity contribution < 1.29 is 14.2 Å². The van der Waals surface area contributed by atoms with Gasteiger partial charge in [0.1, 0.15) is 0 Å². The van der Waals surface area contributed by atoms with Crippen molar-refractivity contribution in [3.63, 3.8) is 0 Å². The third-order valence-electron chi connectivity index (χ3n) is 2.66. The third-order valence-corrected chi connectivity index (χ3v) is 2.66. The molecule has 0 aliphatic heterocycles. The quantitative estimate of drug-likeness (QED) is 0.487. The minimum atomic E-state index is 0.354. The number of hydrogen-bond donors (Lipinski definition) is 1. The summed E-state index contributed by atoms with van der Waals surface area (Å²) in [5, 5.41) is 3.40. The van der Waals surface area contributed by atoms with Crippen LogP contribution in [0.1, 0.15) is 39.5 Å². The maximum Gasteiger partial charge on any atom is 0.0700 e. The summed E-state index contributed by atoms with van der Waals surface area (Å²) in [4.78, 5) is 0. The van der Waals surface area contributed by atoms with E-state index in [-0.39, 0.29) is 0 Å². The van der Waals surface area contributed by atoms with E-state index < -0.39 is 0 Å². The van der Waals surface area contributed by atoms with Gasteiger partial charge < -0.3 is 19.5 Å². The molecule has 1 N–H and O–H groups in total. The van der Waals surface area contributed by atoms with Crippen LogP contribution in [0.5, 0.6) is 0 Å². The van der Waals surface area contributed by atoms with E-state index in [2.05, 4.69) is 19.2 Å². The Morgan fingerprint density at radius 1 is 1.00 bits per heavy atom. The second-order valence-corrected chi connectivity index (χ2v) is 4.53. The second kappa shape index (κ2) is 14.9. The fourth-order valence-corrected chi connectivity index (χ4v) is 1.59. The first-order valence-electron chi connectivity index (χ1n) is 7.20. The van der Waals surface area contributed by atoms with E-state index in [1.165, 1.54) is 12.8 Å². The van der Waals surface area contributed by atoms with Crippen LogP contribution in [0.2, 0.25) is 0 Å². The first-order valence-corrected chi connectivity index (χ1v) is 7.20. The van der Waals surface area contributed by atoms with Crippen LogP contribution in [-0.2, 0) is 14.2 Å². The van der Waals surface area contributed by atoms with Crippen molar-refractivity contribution in [3.8, 4) is 0 Å².